The van der Waals surface area contributed by atoms with Crippen LogP contribution in [0, 0.1) is 5.41 Å². The van der Waals surface area contributed by atoms with E-state index in [1.165, 1.54) is 6.20 Å². The number of benzene rings is 2. The minimum absolute atomic E-state index is 0.0292. The van der Waals surface area contributed by atoms with Gasteiger partial charge in [-0.2, -0.15) is 0 Å². The van der Waals surface area contributed by atoms with Crippen LogP contribution < -0.4 is 21.7 Å². The van der Waals surface area contributed by atoms with E-state index in [9.17, 15) is 19.5 Å². The molecular formula is C27H30N6O5. The number of amidine groups is 1. The molecule has 1 fully saturated rings. The summed E-state index contributed by atoms with van der Waals surface area (Å²) in [5.74, 6) is -3.16. The second kappa shape index (κ2) is 12.3. The first-order valence-electron chi connectivity index (χ1n) is 12.3. The van der Waals surface area contributed by atoms with Crippen molar-refractivity contribution in [1.29, 1.82) is 5.41 Å². The number of ketones is 1. The van der Waals surface area contributed by atoms with Gasteiger partial charge in [-0.3, -0.25) is 25.1 Å². The molecule has 3 atom stereocenters. The van der Waals surface area contributed by atoms with Gasteiger partial charge in [0, 0.05) is 5.92 Å². The van der Waals surface area contributed by atoms with Crippen molar-refractivity contribution in [3.05, 3.63) is 89.6 Å². The van der Waals surface area contributed by atoms with Crippen LogP contribution >= 0.6 is 0 Å². The van der Waals surface area contributed by atoms with Gasteiger partial charge in [0.15, 0.2) is 23.4 Å². The average Bonchev–Trinajstić information content (AvgIpc) is 3.63. The molecular weight excluding hydrogens is 488 g/mol. The zero-order valence-electron chi connectivity index (χ0n) is 20.6. The number of aliphatic carboxylic acids is 1. The number of rotatable bonds is 12. The third-order valence-electron chi connectivity index (χ3n) is 6.42. The summed E-state index contributed by atoms with van der Waals surface area (Å²) in [6, 6.07) is 15.6. The SMILES string of the molecule is N=C(N)c1cnc(C(NC(=O)[C@H](NCC(=O)O)C(c2ccccc2)c2ccccc2)C(=O)[C@@H]2CCCN2)o1. The van der Waals surface area contributed by atoms with Gasteiger partial charge in [0.1, 0.15) is 0 Å². The highest BCUT2D eigenvalue weighted by Gasteiger charge is 2.38. The second-order valence-electron chi connectivity index (χ2n) is 9.02. The molecule has 0 spiro atoms. The summed E-state index contributed by atoms with van der Waals surface area (Å²) in [6.45, 7) is 0.179. The molecule has 198 valence electrons. The average molecular weight is 519 g/mol. The van der Waals surface area contributed by atoms with Crippen LogP contribution in [0.15, 0.2) is 71.3 Å². The van der Waals surface area contributed by atoms with E-state index >= 15 is 0 Å². The van der Waals surface area contributed by atoms with E-state index in [1.54, 1.807) is 0 Å². The van der Waals surface area contributed by atoms with Crippen molar-refractivity contribution in [2.24, 2.45) is 5.73 Å². The third-order valence-corrected chi connectivity index (χ3v) is 6.42. The van der Waals surface area contributed by atoms with Crippen molar-refractivity contribution in [3.8, 4) is 0 Å². The standard InChI is InChI=1S/C27H30N6O5/c28-25(29)19-14-32-27(38-19)23(24(36)18-12-7-13-30-18)33-26(37)22(31-15-20(34)35)21(16-8-3-1-4-9-16)17-10-5-2-6-11-17/h1-6,8-11,14,18,21-23,30-31H,7,12-13,15H2,(H3,28,29)(H,33,37)(H,34,35)/t18-,22+,23?/m0/s1. The number of nitrogens with one attached hydrogen (secondary N) is 4. The van der Waals surface area contributed by atoms with E-state index in [2.05, 4.69) is 20.9 Å². The lowest BCUT2D eigenvalue weighted by Crippen LogP contribution is -2.52. The van der Waals surface area contributed by atoms with Crippen molar-refractivity contribution < 1.29 is 23.9 Å². The summed E-state index contributed by atoms with van der Waals surface area (Å²) in [4.78, 5) is 43.0. The number of carboxylic acids is 1. The van der Waals surface area contributed by atoms with Gasteiger partial charge in [0.25, 0.3) is 0 Å². The molecule has 0 bridgehead atoms. The highest BCUT2D eigenvalue weighted by molar-refractivity contribution is 5.95. The van der Waals surface area contributed by atoms with Gasteiger partial charge >= 0.3 is 5.97 Å². The predicted molar refractivity (Wildman–Crippen MR) is 139 cm³/mol. The summed E-state index contributed by atoms with van der Waals surface area (Å²) < 4.78 is 5.56. The van der Waals surface area contributed by atoms with Crippen LogP contribution in [-0.4, -0.2) is 58.8 Å². The summed E-state index contributed by atoms with van der Waals surface area (Å²) in [7, 11) is 0. The molecule has 2 heterocycles. The number of Topliss-reactive ketones (excluding diaryl/α,β-unsaturated/α-hetero) is 1. The van der Waals surface area contributed by atoms with Crippen molar-refractivity contribution in [1.82, 2.24) is 20.9 Å². The first-order valence-corrected chi connectivity index (χ1v) is 12.3. The molecule has 1 unspecified atom stereocenters. The highest BCUT2D eigenvalue weighted by atomic mass is 16.4. The molecule has 2 aromatic carbocycles. The Morgan fingerprint density at radius 3 is 2.24 bits per heavy atom. The number of nitrogens with two attached hydrogens (primary N) is 1. The van der Waals surface area contributed by atoms with Gasteiger partial charge < -0.3 is 25.9 Å². The van der Waals surface area contributed by atoms with Gasteiger partial charge in [-0.05, 0) is 30.5 Å². The zero-order chi connectivity index (χ0) is 27.1. The minimum atomic E-state index is -1.27. The Labute approximate surface area is 219 Å². The number of amides is 1. The predicted octanol–water partition coefficient (Wildman–Crippen LogP) is 1.31. The van der Waals surface area contributed by atoms with Gasteiger partial charge in [0.2, 0.25) is 11.8 Å². The number of hydrogen-bond donors (Lipinski definition) is 6. The molecule has 1 aliphatic heterocycles. The van der Waals surface area contributed by atoms with Gasteiger partial charge in [0.05, 0.1) is 24.8 Å². The molecule has 1 amide bonds. The Balaban J connectivity index is 1.72. The lowest BCUT2D eigenvalue weighted by molar-refractivity contribution is -0.136. The first-order chi connectivity index (χ1) is 18.3. The van der Waals surface area contributed by atoms with E-state index in [4.69, 9.17) is 15.6 Å². The summed E-state index contributed by atoms with van der Waals surface area (Å²) in [5.41, 5.74) is 7.08. The molecule has 1 aliphatic rings. The van der Waals surface area contributed by atoms with Crippen molar-refractivity contribution in [3.63, 3.8) is 0 Å². The number of carboxylic acid groups (broad SMARTS) is 1. The molecule has 38 heavy (non-hydrogen) atoms. The summed E-state index contributed by atoms with van der Waals surface area (Å²) in [6.07, 6.45) is 2.61. The van der Waals surface area contributed by atoms with Gasteiger partial charge in [-0.25, -0.2) is 4.98 Å². The number of nitrogen functional groups attached to an aromatic ring is 1. The Hall–Kier alpha value is -4.35. The summed E-state index contributed by atoms with van der Waals surface area (Å²) >= 11 is 0. The number of hydrogen-bond acceptors (Lipinski definition) is 8. The molecule has 0 saturated carbocycles. The van der Waals surface area contributed by atoms with Crippen LogP contribution in [-0.2, 0) is 14.4 Å². The smallest absolute Gasteiger partial charge is 0.317 e. The van der Waals surface area contributed by atoms with Crippen LogP contribution in [0.25, 0.3) is 0 Å². The van der Waals surface area contributed by atoms with Crippen LogP contribution in [0.2, 0.25) is 0 Å². The fraction of sp³-hybridized carbons (Fsp3) is 0.296. The quantitative estimate of drug-likeness (QED) is 0.152. The van der Waals surface area contributed by atoms with E-state index in [0.29, 0.717) is 13.0 Å². The first kappa shape index (κ1) is 26.7. The molecule has 11 nitrogen and oxygen atoms in total. The Kier molecular flexibility index (Phi) is 8.62. The van der Waals surface area contributed by atoms with Gasteiger partial charge in [-0.15, -0.1) is 0 Å². The van der Waals surface area contributed by atoms with Crippen LogP contribution in [0.3, 0.4) is 0 Å². The molecule has 0 aliphatic carbocycles. The number of oxazole rings is 1. The molecule has 4 rings (SSSR count). The number of carbonyl (C=O) groups is 3. The second-order valence-corrected chi connectivity index (χ2v) is 9.02. The monoisotopic (exact) mass is 518 g/mol. The van der Waals surface area contributed by atoms with Crippen LogP contribution in [0.1, 0.15) is 47.6 Å². The normalized spacial score (nSPS) is 16.6. The Morgan fingerprint density at radius 2 is 1.74 bits per heavy atom. The highest BCUT2D eigenvalue weighted by Crippen LogP contribution is 2.29. The van der Waals surface area contributed by atoms with Crippen molar-refractivity contribution >= 4 is 23.5 Å². The molecule has 7 N–H and O–H groups in total. The molecule has 1 saturated heterocycles. The van der Waals surface area contributed by atoms with Crippen LogP contribution in [0.5, 0.6) is 0 Å². The third kappa shape index (κ3) is 6.31. The minimum Gasteiger partial charge on any atom is -0.480 e. The topological polar surface area (TPSA) is 183 Å². The fourth-order valence-corrected chi connectivity index (χ4v) is 4.62. The Bertz CT molecular complexity index is 1230. The van der Waals surface area contributed by atoms with Crippen molar-refractivity contribution in [2.45, 2.75) is 36.9 Å². The molecule has 3 aromatic rings. The maximum atomic E-state index is 13.9. The van der Waals surface area contributed by atoms with Crippen molar-refractivity contribution in [2.75, 3.05) is 13.1 Å². The zero-order valence-corrected chi connectivity index (χ0v) is 20.6. The number of carbonyl (C=O) groups excluding carboxylic acids is 2. The van der Waals surface area contributed by atoms with E-state index in [1.807, 2.05) is 60.7 Å². The number of aromatic nitrogens is 1. The number of nitrogens with zero attached hydrogens (tertiary/aromatic N) is 1. The van der Waals surface area contributed by atoms with E-state index in [0.717, 1.165) is 17.5 Å². The Morgan fingerprint density at radius 1 is 1.11 bits per heavy atom. The lowest BCUT2D eigenvalue weighted by atomic mass is 9.84. The maximum Gasteiger partial charge on any atom is 0.317 e. The van der Waals surface area contributed by atoms with Gasteiger partial charge in [-0.1, -0.05) is 60.7 Å². The fourth-order valence-electron chi connectivity index (χ4n) is 4.62. The van der Waals surface area contributed by atoms with E-state index in [-0.39, 0.29) is 23.3 Å². The largest absolute Gasteiger partial charge is 0.480 e. The molecule has 11 heteroatoms. The van der Waals surface area contributed by atoms with Crippen LogP contribution in [0.4, 0.5) is 0 Å². The lowest BCUT2D eigenvalue weighted by Gasteiger charge is -2.29. The maximum absolute atomic E-state index is 13.9. The molecule has 0 radical (unpaired) electrons. The van der Waals surface area contributed by atoms with E-state index < -0.39 is 42.5 Å². The summed E-state index contributed by atoms with van der Waals surface area (Å²) in [5, 5.41) is 25.7. The molecule has 1 aromatic heterocycles.